The van der Waals surface area contributed by atoms with Crippen LogP contribution in [-0.4, -0.2) is 30.6 Å². The molecule has 0 aliphatic heterocycles. The van der Waals surface area contributed by atoms with Crippen molar-refractivity contribution in [2.75, 3.05) is 23.5 Å². The Balaban J connectivity index is 1.46. The molecule has 0 heterocycles. The zero-order valence-corrected chi connectivity index (χ0v) is 23.9. The lowest BCUT2D eigenvalue weighted by atomic mass is 10.1. The fraction of sp³-hybridized carbons (Fsp3) is 0.121. The molecule has 0 saturated carbocycles. The van der Waals surface area contributed by atoms with Crippen LogP contribution in [0.15, 0.2) is 108 Å². The minimum Gasteiger partial charge on any atom is -0.497 e. The fourth-order valence-electron chi connectivity index (χ4n) is 4.10. The molecule has 0 fully saturated rings. The quantitative estimate of drug-likeness (QED) is 0.152. The Morgan fingerprint density at radius 2 is 1.51 bits per heavy atom. The molecule has 0 aliphatic carbocycles. The molecule has 0 atom stereocenters. The van der Waals surface area contributed by atoms with Crippen LogP contribution in [0.5, 0.6) is 5.75 Å². The zero-order chi connectivity index (χ0) is 29.2. The number of carbonyl (C=O) groups is 3. The number of nitrogens with one attached hydrogen (secondary N) is 3. The number of aryl methyl sites for hydroxylation is 2. The molecule has 4 rings (SSSR count). The van der Waals surface area contributed by atoms with Crippen molar-refractivity contribution in [3.05, 3.63) is 125 Å². The van der Waals surface area contributed by atoms with E-state index in [0.29, 0.717) is 22.6 Å². The predicted molar refractivity (Wildman–Crippen MR) is 165 cm³/mol. The van der Waals surface area contributed by atoms with Gasteiger partial charge < -0.3 is 20.7 Å². The Kier molecular flexibility index (Phi) is 9.96. The first-order chi connectivity index (χ1) is 19.8. The van der Waals surface area contributed by atoms with Crippen LogP contribution in [0, 0.1) is 13.8 Å². The van der Waals surface area contributed by atoms with Crippen LogP contribution >= 0.6 is 11.8 Å². The highest BCUT2D eigenvalue weighted by Gasteiger charge is 2.16. The molecule has 208 valence electrons. The minimum absolute atomic E-state index is 0.0676. The molecule has 4 aromatic rings. The topological polar surface area (TPSA) is 96.5 Å². The van der Waals surface area contributed by atoms with E-state index in [4.69, 9.17) is 4.74 Å². The Hall–Kier alpha value is -4.82. The third-order valence-electron chi connectivity index (χ3n) is 5.90. The summed E-state index contributed by atoms with van der Waals surface area (Å²) in [5.74, 6) is -0.194. The van der Waals surface area contributed by atoms with Crippen LogP contribution in [0.3, 0.4) is 0 Å². The lowest BCUT2D eigenvalue weighted by Gasteiger charge is -2.12. The number of benzene rings is 4. The Labute approximate surface area is 244 Å². The van der Waals surface area contributed by atoms with Gasteiger partial charge in [0.15, 0.2) is 0 Å². The Morgan fingerprint density at radius 3 is 2.24 bits per heavy atom. The van der Waals surface area contributed by atoms with Crippen molar-refractivity contribution >= 4 is 46.9 Å². The van der Waals surface area contributed by atoms with Crippen LogP contribution in [0.1, 0.15) is 27.0 Å². The SMILES string of the molecule is COc1cccc(/C=C(\NC(=O)c2ccccc2)C(=O)Nc2cccc(SCC(=O)Nc3cc(C)cc(C)c3)c2)c1. The third-order valence-corrected chi connectivity index (χ3v) is 6.89. The lowest BCUT2D eigenvalue weighted by molar-refractivity contribution is -0.114. The van der Waals surface area contributed by atoms with Crippen molar-refractivity contribution in [3.8, 4) is 5.75 Å². The molecule has 0 unspecified atom stereocenters. The van der Waals surface area contributed by atoms with Gasteiger partial charge in [-0.2, -0.15) is 0 Å². The standard InChI is InChI=1S/C33H31N3O4S/c1-22-15-23(2)17-27(16-22)34-31(37)21-41-29-14-8-12-26(20-29)35-33(39)30(19-24-9-7-13-28(18-24)40-3)36-32(38)25-10-5-4-6-11-25/h4-20H,21H2,1-3H3,(H,34,37)(H,35,39)(H,36,38)/b30-19-. The van der Waals surface area contributed by atoms with Crippen LogP contribution in [0.2, 0.25) is 0 Å². The molecule has 0 aliphatic rings. The summed E-state index contributed by atoms with van der Waals surface area (Å²) < 4.78 is 5.29. The van der Waals surface area contributed by atoms with Gasteiger partial charge in [-0.15, -0.1) is 11.8 Å². The number of anilines is 2. The van der Waals surface area contributed by atoms with Crippen LogP contribution < -0.4 is 20.7 Å². The summed E-state index contributed by atoms with van der Waals surface area (Å²) >= 11 is 1.36. The van der Waals surface area contributed by atoms with Gasteiger partial charge >= 0.3 is 0 Å². The highest BCUT2D eigenvalue weighted by Crippen LogP contribution is 2.23. The minimum atomic E-state index is -0.494. The first-order valence-corrected chi connectivity index (χ1v) is 13.9. The van der Waals surface area contributed by atoms with Crippen molar-refractivity contribution in [3.63, 3.8) is 0 Å². The fourth-order valence-corrected chi connectivity index (χ4v) is 4.85. The highest BCUT2D eigenvalue weighted by atomic mass is 32.2. The van der Waals surface area contributed by atoms with E-state index in [1.807, 2.05) is 44.2 Å². The van der Waals surface area contributed by atoms with E-state index in [2.05, 4.69) is 22.0 Å². The molecular formula is C33H31N3O4S. The number of ether oxygens (including phenoxy) is 1. The van der Waals surface area contributed by atoms with Gasteiger partial charge in [0.2, 0.25) is 5.91 Å². The first-order valence-electron chi connectivity index (χ1n) is 12.9. The molecule has 0 saturated heterocycles. The van der Waals surface area contributed by atoms with Gasteiger partial charge in [0.1, 0.15) is 11.4 Å². The average molecular weight is 566 g/mol. The molecule has 8 heteroatoms. The number of hydrogen-bond donors (Lipinski definition) is 3. The normalized spacial score (nSPS) is 11.0. The summed E-state index contributed by atoms with van der Waals surface area (Å²) in [6.07, 6.45) is 1.59. The number of hydrogen-bond acceptors (Lipinski definition) is 5. The predicted octanol–water partition coefficient (Wildman–Crippen LogP) is 6.45. The van der Waals surface area contributed by atoms with Gasteiger partial charge in [0.05, 0.1) is 12.9 Å². The molecule has 3 N–H and O–H groups in total. The van der Waals surface area contributed by atoms with Gasteiger partial charge in [0.25, 0.3) is 11.8 Å². The van der Waals surface area contributed by atoms with E-state index >= 15 is 0 Å². The van der Waals surface area contributed by atoms with Gasteiger partial charge in [-0.1, -0.05) is 42.5 Å². The number of methoxy groups -OCH3 is 1. The zero-order valence-electron chi connectivity index (χ0n) is 23.1. The summed E-state index contributed by atoms with van der Waals surface area (Å²) in [5, 5.41) is 8.53. The lowest BCUT2D eigenvalue weighted by Crippen LogP contribution is -2.30. The molecule has 0 aromatic heterocycles. The Bertz CT molecular complexity index is 1560. The van der Waals surface area contributed by atoms with Crippen molar-refractivity contribution in [1.29, 1.82) is 0 Å². The largest absolute Gasteiger partial charge is 0.497 e. The van der Waals surface area contributed by atoms with Crippen molar-refractivity contribution in [2.24, 2.45) is 0 Å². The van der Waals surface area contributed by atoms with E-state index in [-0.39, 0.29) is 17.4 Å². The Morgan fingerprint density at radius 1 is 0.780 bits per heavy atom. The molecule has 0 spiro atoms. The summed E-state index contributed by atoms with van der Waals surface area (Å²) in [6, 6.07) is 29.0. The van der Waals surface area contributed by atoms with Crippen LogP contribution in [-0.2, 0) is 9.59 Å². The maximum atomic E-state index is 13.4. The summed E-state index contributed by atoms with van der Waals surface area (Å²) in [7, 11) is 1.56. The maximum Gasteiger partial charge on any atom is 0.272 e. The molecule has 3 amide bonds. The van der Waals surface area contributed by atoms with E-state index < -0.39 is 11.8 Å². The second-order valence-corrected chi connectivity index (χ2v) is 10.4. The number of amides is 3. The molecule has 0 bridgehead atoms. The summed E-state index contributed by atoms with van der Waals surface area (Å²) in [6.45, 7) is 3.98. The molecule has 7 nitrogen and oxygen atoms in total. The molecule has 41 heavy (non-hydrogen) atoms. The van der Waals surface area contributed by atoms with E-state index in [9.17, 15) is 14.4 Å². The van der Waals surface area contributed by atoms with Crippen molar-refractivity contribution in [1.82, 2.24) is 5.32 Å². The van der Waals surface area contributed by atoms with Gasteiger partial charge in [-0.3, -0.25) is 14.4 Å². The summed E-state index contributed by atoms with van der Waals surface area (Å²) in [4.78, 5) is 39.6. The average Bonchev–Trinajstić information content (AvgIpc) is 2.96. The monoisotopic (exact) mass is 565 g/mol. The molecule has 0 radical (unpaired) electrons. The van der Waals surface area contributed by atoms with Gasteiger partial charge in [-0.25, -0.2) is 0 Å². The third kappa shape index (κ3) is 8.84. The number of thioether (sulfide) groups is 1. The molecular weight excluding hydrogens is 534 g/mol. The van der Waals surface area contributed by atoms with Gasteiger partial charge in [0, 0.05) is 21.8 Å². The van der Waals surface area contributed by atoms with Crippen molar-refractivity contribution in [2.45, 2.75) is 18.7 Å². The summed E-state index contributed by atoms with van der Waals surface area (Å²) in [5.41, 5.74) is 4.63. The second-order valence-electron chi connectivity index (χ2n) is 9.35. The van der Waals surface area contributed by atoms with Crippen LogP contribution in [0.25, 0.3) is 6.08 Å². The van der Waals surface area contributed by atoms with E-state index in [0.717, 1.165) is 21.7 Å². The number of carbonyl (C=O) groups excluding carboxylic acids is 3. The molecule has 4 aromatic carbocycles. The number of rotatable bonds is 10. The first kappa shape index (κ1) is 29.2. The van der Waals surface area contributed by atoms with Crippen LogP contribution in [0.4, 0.5) is 11.4 Å². The smallest absolute Gasteiger partial charge is 0.272 e. The maximum absolute atomic E-state index is 13.4. The van der Waals surface area contributed by atoms with Gasteiger partial charge in [-0.05, 0) is 91.2 Å². The van der Waals surface area contributed by atoms with Crippen molar-refractivity contribution < 1.29 is 19.1 Å². The van der Waals surface area contributed by atoms with E-state index in [1.165, 1.54) is 11.8 Å². The van der Waals surface area contributed by atoms with E-state index in [1.54, 1.807) is 73.8 Å². The second kappa shape index (κ2) is 14.0. The highest BCUT2D eigenvalue weighted by molar-refractivity contribution is 8.00.